The highest BCUT2D eigenvalue weighted by Crippen LogP contribution is 2.54. The van der Waals surface area contributed by atoms with Gasteiger partial charge >= 0.3 is 0 Å². The van der Waals surface area contributed by atoms with Crippen molar-refractivity contribution < 1.29 is 0 Å². The largest absolute Gasteiger partial charge is 0.0622 e. The summed E-state index contributed by atoms with van der Waals surface area (Å²) >= 11 is 0. The van der Waals surface area contributed by atoms with Gasteiger partial charge in [-0.15, -0.1) is 0 Å². The Bertz CT molecular complexity index is 5500. The Morgan fingerprint density at radius 2 is 0.235 bits per heavy atom. The zero-order valence-corrected chi connectivity index (χ0v) is 54.1. The molecule has 0 aliphatic carbocycles. The van der Waals surface area contributed by atoms with Crippen molar-refractivity contribution in [1.82, 2.24) is 0 Å². The highest BCUT2D eigenvalue weighted by atomic mass is 14.3. The molecule has 0 saturated carbocycles. The van der Waals surface area contributed by atoms with Crippen molar-refractivity contribution in [3.8, 4) is 89.0 Å². The molecule has 0 amide bonds. The molecule has 0 aliphatic rings. The predicted octanol–water partition coefficient (Wildman–Crippen LogP) is 27.6. The predicted molar refractivity (Wildman–Crippen MR) is 423 cm³/mol. The maximum absolute atomic E-state index is 2.37. The lowest BCUT2D eigenvalue weighted by atomic mass is 9.77. The fraction of sp³-hybridized carbons (Fsp3) is 0. The van der Waals surface area contributed by atoms with Crippen molar-refractivity contribution in [1.29, 1.82) is 0 Å². The van der Waals surface area contributed by atoms with Gasteiger partial charge in [-0.3, -0.25) is 0 Å². The summed E-state index contributed by atoms with van der Waals surface area (Å²) in [6.45, 7) is 0. The topological polar surface area (TPSA) is 0 Å². The third kappa shape index (κ3) is 10.7. The minimum atomic E-state index is 1.23. The van der Waals surface area contributed by atoms with Crippen molar-refractivity contribution in [2.24, 2.45) is 0 Å². The third-order valence-corrected chi connectivity index (χ3v) is 19.5. The van der Waals surface area contributed by atoms with Gasteiger partial charge in [0.1, 0.15) is 0 Å². The molecule has 0 bridgehead atoms. The summed E-state index contributed by atoms with van der Waals surface area (Å²) in [7, 11) is 0. The molecule has 0 heteroatoms. The molecule has 0 saturated heterocycles. The van der Waals surface area contributed by atoms with Gasteiger partial charge in [-0.25, -0.2) is 0 Å². The Kier molecular flexibility index (Phi) is 15.8. The molecule has 0 aromatic heterocycles. The molecule has 0 nitrogen and oxygen atoms in total. The van der Waals surface area contributed by atoms with Gasteiger partial charge in [0.25, 0.3) is 0 Å². The minimum Gasteiger partial charge on any atom is -0.0622 e. The molecule has 98 heavy (non-hydrogen) atoms. The summed E-state index contributed by atoms with van der Waals surface area (Å²) in [4.78, 5) is 0. The highest BCUT2D eigenvalue weighted by molar-refractivity contribution is 6.34. The summed E-state index contributed by atoms with van der Waals surface area (Å²) in [6.07, 6.45) is 0. The molecule has 0 N–H and O–H groups in total. The average molecular weight is 1240 g/mol. The molecule has 0 spiro atoms. The third-order valence-electron chi connectivity index (χ3n) is 19.5. The van der Waals surface area contributed by atoms with Gasteiger partial charge in [-0.05, 0) is 187 Å². The number of hydrogen-bond acceptors (Lipinski definition) is 0. The lowest BCUT2D eigenvalue weighted by Crippen LogP contribution is -1.97. The van der Waals surface area contributed by atoms with Crippen LogP contribution in [-0.4, -0.2) is 0 Å². The molecular formula is C98H66. The van der Waals surface area contributed by atoms with E-state index < -0.39 is 0 Å². The first-order valence-corrected chi connectivity index (χ1v) is 33.9. The molecule has 19 aromatic rings. The smallest absolute Gasteiger partial charge is 0.000139 e. The SMILES string of the molecule is c1ccc(-c2c3ccccc3c(-c3ccccc3)c3c(-c4ccccc4)c4ccccc4c(-c4ccccc4)c23)cc1.c1ccc(-c2c3ccccc3c(-c3ccccc3)c3cc4ccccc4cc23)cc1.c1ccc(-c2c3ccccc3c(-c3ccccc3)c3ccccc23)cc1. The molecule has 19 rings (SSSR count). The van der Waals surface area contributed by atoms with Crippen LogP contribution in [-0.2, 0) is 0 Å². The van der Waals surface area contributed by atoms with Gasteiger partial charge in [0, 0.05) is 0 Å². The maximum atomic E-state index is 2.37. The van der Waals surface area contributed by atoms with E-state index in [4.69, 9.17) is 0 Å². The Labute approximate surface area is 571 Å². The molecular weight excluding hydrogens is 1180 g/mol. The average Bonchev–Trinajstić information content (AvgIpc) is 0.703. The van der Waals surface area contributed by atoms with E-state index in [9.17, 15) is 0 Å². The summed E-state index contributed by atoms with van der Waals surface area (Å²) in [6, 6.07) is 144. The first kappa shape index (κ1) is 59.0. The van der Waals surface area contributed by atoms with Gasteiger partial charge in [-0.2, -0.15) is 0 Å². The van der Waals surface area contributed by atoms with Crippen LogP contribution in [0.3, 0.4) is 0 Å². The minimum absolute atomic E-state index is 1.23. The van der Waals surface area contributed by atoms with Crippen LogP contribution in [0.25, 0.3) is 175 Å². The van der Waals surface area contributed by atoms with Crippen LogP contribution in [0.5, 0.6) is 0 Å². The normalized spacial score (nSPS) is 11.3. The van der Waals surface area contributed by atoms with Crippen LogP contribution in [0.1, 0.15) is 0 Å². The van der Waals surface area contributed by atoms with E-state index in [1.807, 2.05) is 0 Å². The second-order valence-electron chi connectivity index (χ2n) is 25.2. The van der Waals surface area contributed by atoms with E-state index in [1.165, 1.54) is 175 Å². The van der Waals surface area contributed by atoms with Crippen LogP contribution < -0.4 is 0 Å². The van der Waals surface area contributed by atoms with Crippen LogP contribution >= 0.6 is 0 Å². The van der Waals surface area contributed by atoms with Crippen molar-refractivity contribution >= 4 is 86.2 Å². The van der Waals surface area contributed by atoms with Gasteiger partial charge < -0.3 is 0 Å². The van der Waals surface area contributed by atoms with Crippen molar-refractivity contribution in [3.63, 3.8) is 0 Å². The van der Waals surface area contributed by atoms with Gasteiger partial charge in [0.15, 0.2) is 0 Å². The number of rotatable bonds is 8. The first-order valence-electron chi connectivity index (χ1n) is 33.9. The van der Waals surface area contributed by atoms with E-state index in [0.717, 1.165) is 0 Å². The Morgan fingerprint density at radius 3 is 0.418 bits per heavy atom. The highest BCUT2D eigenvalue weighted by Gasteiger charge is 2.26. The maximum Gasteiger partial charge on any atom is -0.000139 e. The van der Waals surface area contributed by atoms with Crippen molar-refractivity contribution in [3.05, 3.63) is 400 Å². The zero-order valence-electron chi connectivity index (χ0n) is 54.1. The molecule has 0 aliphatic heterocycles. The molecule has 0 unspecified atom stereocenters. The van der Waals surface area contributed by atoms with E-state index in [2.05, 4.69) is 400 Å². The summed E-state index contributed by atoms with van der Waals surface area (Å²) in [5.41, 5.74) is 20.3. The second kappa shape index (κ2) is 26.2. The zero-order chi connectivity index (χ0) is 65.1. The van der Waals surface area contributed by atoms with E-state index in [0.29, 0.717) is 0 Å². The number of hydrogen-bond donors (Lipinski definition) is 0. The van der Waals surface area contributed by atoms with E-state index >= 15 is 0 Å². The summed E-state index contributed by atoms with van der Waals surface area (Å²) < 4.78 is 0. The Morgan fingerprint density at radius 1 is 0.102 bits per heavy atom. The van der Waals surface area contributed by atoms with Crippen LogP contribution in [0.15, 0.2) is 400 Å². The molecule has 0 radical (unpaired) electrons. The Hall–Kier alpha value is -12.7. The van der Waals surface area contributed by atoms with E-state index in [-0.39, 0.29) is 0 Å². The number of benzene rings is 19. The first-order chi connectivity index (χ1) is 48.7. The fourth-order valence-electron chi connectivity index (χ4n) is 15.4. The molecule has 0 fully saturated rings. The quantitative estimate of drug-likeness (QED) is 0.133. The summed E-state index contributed by atoms with van der Waals surface area (Å²) in [5, 5.41) is 20.6. The van der Waals surface area contributed by atoms with Crippen LogP contribution in [0.2, 0.25) is 0 Å². The second-order valence-corrected chi connectivity index (χ2v) is 25.2. The summed E-state index contributed by atoms with van der Waals surface area (Å²) in [5.74, 6) is 0. The van der Waals surface area contributed by atoms with Gasteiger partial charge in [-0.1, -0.05) is 388 Å². The van der Waals surface area contributed by atoms with Gasteiger partial charge in [0.05, 0.1) is 0 Å². The molecule has 0 heterocycles. The van der Waals surface area contributed by atoms with E-state index in [1.54, 1.807) is 0 Å². The standard InChI is InChI=1S/C42H28.C30H20.C26H18/c1-5-17-29(18-6-1)37-33-25-13-14-26-34(33)39(31-21-9-3-10-22-31)42-40(32-23-11-4-12-24-32)36-28-16-15-27-35(36)38(41(37)42)30-19-7-2-8-20-30;1-3-11-21(12-4-1)29-25-17-9-10-18-26(25)30(22-13-5-2-6-14-22)28-20-24-16-8-7-15-23(24)19-27(28)29;1-3-11-19(12-4-1)25-21-15-7-9-17-23(21)26(20-13-5-2-6-14-20)24-18-10-8-16-22(24)25/h1-28H;1-20H;1-18H. The molecule has 0 atom stereocenters. The fourth-order valence-corrected chi connectivity index (χ4v) is 15.4. The molecule has 19 aromatic carbocycles. The van der Waals surface area contributed by atoms with Crippen LogP contribution in [0.4, 0.5) is 0 Å². The van der Waals surface area contributed by atoms with Gasteiger partial charge in [0.2, 0.25) is 0 Å². The Balaban J connectivity index is 0.000000114. The van der Waals surface area contributed by atoms with Crippen LogP contribution in [0, 0.1) is 0 Å². The lowest BCUT2D eigenvalue weighted by Gasteiger charge is -2.25. The lowest BCUT2D eigenvalue weighted by molar-refractivity contribution is 1.63. The molecule has 458 valence electrons. The monoisotopic (exact) mass is 1240 g/mol. The van der Waals surface area contributed by atoms with Crippen molar-refractivity contribution in [2.45, 2.75) is 0 Å². The number of fused-ring (bicyclic) bond motifs is 8. The van der Waals surface area contributed by atoms with Crippen molar-refractivity contribution in [2.75, 3.05) is 0 Å².